The lowest BCUT2D eigenvalue weighted by molar-refractivity contribution is 0.0811. The molecule has 0 saturated carbocycles. The molecule has 0 amide bonds. The number of likely N-dealkylation sites (N-methyl/N-ethyl adjacent to an activating group) is 1. The van der Waals surface area contributed by atoms with Crippen molar-refractivity contribution >= 4 is 0 Å². The van der Waals surface area contributed by atoms with E-state index in [4.69, 9.17) is 4.74 Å². The largest absolute Gasteiger partial charge is 0.385 e. The van der Waals surface area contributed by atoms with Gasteiger partial charge in [0.25, 0.3) is 0 Å². The Kier molecular flexibility index (Phi) is 5.61. The molecule has 134 valence electrons. The van der Waals surface area contributed by atoms with E-state index < -0.39 is 0 Å². The average Bonchev–Trinajstić information content (AvgIpc) is 2.64. The smallest absolute Gasteiger partial charge is 0.0470 e. The summed E-state index contributed by atoms with van der Waals surface area (Å²) in [7, 11) is 4.08. The summed E-state index contributed by atoms with van der Waals surface area (Å²) in [4.78, 5) is 2.54. The number of rotatable bonds is 6. The quantitative estimate of drug-likeness (QED) is 0.759. The number of benzene rings is 2. The Labute approximate surface area is 152 Å². The van der Waals surface area contributed by atoms with Crippen molar-refractivity contribution in [2.75, 3.05) is 20.8 Å². The molecule has 2 nitrogen and oxygen atoms in total. The standard InChI is InChI=1S/C23H31NO/c1-18-22(24(3)17-19-10-6-5-7-11-19)16-20-12-8-9-13-21(20)23(18,2)14-15-25-4/h5-13,18,22H,14-17H2,1-4H3. The average molecular weight is 338 g/mol. The molecule has 0 bridgehead atoms. The zero-order valence-electron chi connectivity index (χ0n) is 16.0. The third kappa shape index (κ3) is 3.65. The highest BCUT2D eigenvalue weighted by Crippen LogP contribution is 2.45. The van der Waals surface area contributed by atoms with Crippen molar-refractivity contribution in [1.29, 1.82) is 0 Å². The Hall–Kier alpha value is -1.64. The van der Waals surface area contributed by atoms with E-state index in [0.29, 0.717) is 12.0 Å². The Morgan fingerprint density at radius 2 is 1.76 bits per heavy atom. The number of hydrogen-bond acceptors (Lipinski definition) is 2. The van der Waals surface area contributed by atoms with Gasteiger partial charge in [0.05, 0.1) is 0 Å². The zero-order chi connectivity index (χ0) is 17.9. The number of methoxy groups -OCH3 is 1. The van der Waals surface area contributed by atoms with E-state index in [2.05, 4.69) is 80.4 Å². The maximum absolute atomic E-state index is 5.45. The van der Waals surface area contributed by atoms with Crippen LogP contribution in [-0.4, -0.2) is 31.7 Å². The van der Waals surface area contributed by atoms with Crippen LogP contribution in [0.15, 0.2) is 54.6 Å². The maximum atomic E-state index is 5.45. The molecule has 0 heterocycles. The van der Waals surface area contributed by atoms with Gasteiger partial charge in [-0.3, -0.25) is 4.90 Å². The van der Waals surface area contributed by atoms with Crippen molar-refractivity contribution in [3.8, 4) is 0 Å². The number of hydrogen-bond donors (Lipinski definition) is 0. The van der Waals surface area contributed by atoms with Gasteiger partial charge in [-0.25, -0.2) is 0 Å². The van der Waals surface area contributed by atoms with E-state index in [1.54, 1.807) is 0 Å². The van der Waals surface area contributed by atoms with E-state index in [-0.39, 0.29) is 5.41 Å². The van der Waals surface area contributed by atoms with Crippen LogP contribution in [0, 0.1) is 5.92 Å². The van der Waals surface area contributed by atoms with Crippen molar-refractivity contribution in [2.24, 2.45) is 5.92 Å². The molecule has 25 heavy (non-hydrogen) atoms. The Bertz CT molecular complexity index is 684. The molecule has 0 aromatic heterocycles. The minimum absolute atomic E-state index is 0.153. The molecule has 1 aliphatic carbocycles. The van der Waals surface area contributed by atoms with E-state index in [1.165, 1.54) is 16.7 Å². The number of nitrogens with zero attached hydrogens (tertiary/aromatic N) is 1. The lowest BCUT2D eigenvalue weighted by atomic mass is 9.61. The fraction of sp³-hybridized carbons (Fsp3) is 0.478. The molecule has 0 spiro atoms. The second-order valence-corrected chi connectivity index (χ2v) is 7.78. The van der Waals surface area contributed by atoms with Crippen LogP contribution in [0.3, 0.4) is 0 Å². The summed E-state index contributed by atoms with van der Waals surface area (Å²) < 4.78 is 5.45. The summed E-state index contributed by atoms with van der Waals surface area (Å²) in [6, 6.07) is 20.3. The summed E-state index contributed by atoms with van der Waals surface area (Å²) in [5.74, 6) is 0.575. The predicted molar refractivity (Wildman–Crippen MR) is 105 cm³/mol. The third-order valence-corrected chi connectivity index (χ3v) is 6.31. The lowest BCUT2D eigenvalue weighted by Crippen LogP contribution is -2.51. The minimum atomic E-state index is 0.153. The molecule has 0 fully saturated rings. The van der Waals surface area contributed by atoms with Gasteiger partial charge in [0.2, 0.25) is 0 Å². The molecule has 2 heteroatoms. The Morgan fingerprint density at radius 3 is 2.48 bits per heavy atom. The highest BCUT2D eigenvalue weighted by atomic mass is 16.5. The van der Waals surface area contributed by atoms with Gasteiger partial charge < -0.3 is 4.74 Å². The van der Waals surface area contributed by atoms with Crippen LogP contribution in [0.4, 0.5) is 0 Å². The van der Waals surface area contributed by atoms with Crippen molar-refractivity contribution in [3.63, 3.8) is 0 Å². The molecule has 3 atom stereocenters. The molecular weight excluding hydrogens is 306 g/mol. The molecule has 3 rings (SSSR count). The molecule has 0 aliphatic heterocycles. The molecule has 0 N–H and O–H groups in total. The second-order valence-electron chi connectivity index (χ2n) is 7.78. The summed E-state index contributed by atoms with van der Waals surface area (Å²) in [6.45, 7) is 6.67. The van der Waals surface area contributed by atoms with Gasteiger partial charge in [-0.2, -0.15) is 0 Å². The Morgan fingerprint density at radius 1 is 1.08 bits per heavy atom. The maximum Gasteiger partial charge on any atom is 0.0470 e. The lowest BCUT2D eigenvalue weighted by Gasteiger charge is -2.49. The van der Waals surface area contributed by atoms with Crippen LogP contribution in [0.5, 0.6) is 0 Å². The van der Waals surface area contributed by atoms with Gasteiger partial charge in [-0.1, -0.05) is 68.4 Å². The number of fused-ring (bicyclic) bond motifs is 1. The summed E-state index contributed by atoms with van der Waals surface area (Å²) >= 11 is 0. The fourth-order valence-electron chi connectivity index (χ4n) is 4.53. The van der Waals surface area contributed by atoms with E-state index >= 15 is 0 Å². The van der Waals surface area contributed by atoms with Crippen LogP contribution in [-0.2, 0) is 23.1 Å². The van der Waals surface area contributed by atoms with Crippen LogP contribution in [0.25, 0.3) is 0 Å². The molecule has 1 aliphatic rings. The zero-order valence-corrected chi connectivity index (χ0v) is 16.0. The van der Waals surface area contributed by atoms with Crippen molar-refractivity contribution in [2.45, 2.75) is 44.7 Å². The first-order valence-electron chi connectivity index (χ1n) is 9.37. The van der Waals surface area contributed by atoms with Crippen molar-refractivity contribution in [1.82, 2.24) is 4.90 Å². The van der Waals surface area contributed by atoms with Crippen molar-refractivity contribution < 1.29 is 4.74 Å². The molecule has 2 aromatic carbocycles. The summed E-state index contributed by atoms with van der Waals surface area (Å²) in [6.07, 6.45) is 2.20. The van der Waals surface area contributed by atoms with Gasteiger partial charge in [0.1, 0.15) is 0 Å². The van der Waals surface area contributed by atoms with Gasteiger partial charge >= 0.3 is 0 Å². The van der Waals surface area contributed by atoms with Gasteiger partial charge in [-0.15, -0.1) is 0 Å². The van der Waals surface area contributed by atoms with Gasteiger partial charge in [-0.05, 0) is 47.9 Å². The molecule has 2 aromatic rings. The summed E-state index contributed by atoms with van der Waals surface area (Å²) in [5.41, 5.74) is 4.56. The van der Waals surface area contributed by atoms with E-state index in [1.807, 2.05) is 7.11 Å². The normalized spacial score (nSPS) is 25.8. The van der Waals surface area contributed by atoms with Crippen molar-refractivity contribution in [3.05, 3.63) is 71.3 Å². The van der Waals surface area contributed by atoms with Crippen LogP contribution in [0.2, 0.25) is 0 Å². The van der Waals surface area contributed by atoms with E-state index in [0.717, 1.165) is 26.0 Å². The highest BCUT2D eigenvalue weighted by molar-refractivity contribution is 5.38. The second kappa shape index (κ2) is 7.72. The van der Waals surface area contributed by atoms with Gasteiger partial charge in [0.15, 0.2) is 0 Å². The molecular formula is C23H31NO. The first-order chi connectivity index (χ1) is 12.1. The first kappa shape index (κ1) is 18.2. The monoisotopic (exact) mass is 337 g/mol. The topological polar surface area (TPSA) is 12.5 Å². The van der Waals surface area contributed by atoms with Crippen LogP contribution < -0.4 is 0 Å². The Balaban J connectivity index is 1.88. The van der Waals surface area contributed by atoms with Crippen LogP contribution >= 0.6 is 0 Å². The highest BCUT2D eigenvalue weighted by Gasteiger charge is 2.43. The minimum Gasteiger partial charge on any atom is -0.385 e. The van der Waals surface area contributed by atoms with E-state index in [9.17, 15) is 0 Å². The number of ether oxygens (including phenoxy) is 1. The first-order valence-corrected chi connectivity index (χ1v) is 9.37. The molecule has 0 radical (unpaired) electrons. The van der Waals surface area contributed by atoms with Crippen LogP contribution in [0.1, 0.15) is 37.0 Å². The predicted octanol–water partition coefficient (Wildman–Crippen LogP) is 4.67. The summed E-state index contributed by atoms with van der Waals surface area (Å²) in [5, 5.41) is 0. The molecule has 3 unspecified atom stereocenters. The molecule has 0 saturated heterocycles. The SMILES string of the molecule is COCCC1(C)c2ccccc2CC(N(C)Cc2ccccc2)C1C. The third-order valence-electron chi connectivity index (χ3n) is 6.31. The fourth-order valence-corrected chi connectivity index (χ4v) is 4.53. The van der Waals surface area contributed by atoms with Gasteiger partial charge in [0, 0.05) is 26.3 Å².